The first-order valence-corrected chi connectivity index (χ1v) is 9.54. The Morgan fingerprint density at radius 2 is 1.67 bits per heavy atom. The number of benzene rings is 1. The summed E-state index contributed by atoms with van der Waals surface area (Å²) >= 11 is 3.05. The Balaban J connectivity index is 2.05. The highest BCUT2D eigenvalue weighted by atomic mass is 32.1. The Morgan fingerprint density at radius 1 is 0.958 bits per heavy atom. The van der Waals surface area contributed by atoms with E-state index in [-0.39, 0.29) is 5.78 Å². The molecule has 1 aromatic carbocycles. The van der Waals surface area contributed by atoms with Gasteiger partial charge in [0.1, 0.15) is 5.60 Å². The fourth-order valence-electron chi connectivity index (χ4n) is 3.39. The van der Waals surface area contributed by atoms with Crippen LogP contribution < -0.4 is 0 Å². The standard InChI is InChI=1S/C20H16O2S2/c1-13-19(21)17(14-7-3-2-4-8-14)18(15-9-5-11-23-15)20(13,22)16-10-6-12-24-16/h2-13,22H,1H3/t13-,20?/m1/s1. The number of carbonyl (C=O) groups excluding carboxylic acids is 1. The summed E-state index contributed by atoms with van der Waals surface area (Å²) in [6.07, 6.45) is 0. The van der Waals surface area contributed by atoms with Crippen LogP contribution in [0.4, 0.5) is 0 Å². The van der Waals surface area contributed by atoms with Crippen LogP contribution in [-0.4, -0.2) is 10.9 Å². The number of allylic oxidation sites excluding steroid dienone is 1. The number of Topliss-reactive ketones (excluding diaryl/α,β-unsaturated/α-hetero) is 1. The van der Waals surface area contributed by atoms with Gasteiger partial charge in [-0.1, -0.05) is 49.4 Å². The van der Waals surface area contributed by atoms with Crippen LogP contribution in [0, 0.1) is 5.92 Å². The molecule has 1 unspecified atom stereocenters. The van der Waals surface area contributed by atoms with Crippen molar-refractivity contribution in [2.75, 3.05) is 0 Å². The van der Waals surface area contributed by atoms with Gasteiger partial charge in [0.25, 0.3) is 0 Å². The fourth-order valence-corrected chi connectivity index (χ4v) is 5.15. The predicted octanol–water partition coefficient (Wildman–Crippen LogP) is 4.83. The van der Waals surface area contributed by atoms with Crippen LogP contribution in [-0.2, 0) is 10.4 Å². The highest BCUT2D eigenvalue weighted by Crippen LogP contribution is 2.54. The van der Waals surface area contributed by atoms with E-state index in [9.17, 15) is 9.90 Å². The second-order valence-electron chi connectivity index (χ2n) is 5.92. The molecule has 4 rings (SSSR count). The lowest BCUT2D eigenvalue weighted by Crippen LogP contribution is -2.32. The number of ketones is 1. The van der Waals surface area contributed by atoms with Crippen molar-refractivity contribution in [3.63, 3.8) is 0 Å². The quantitative estimate of drug-likeness (QED) is 0.733. The van der Waals surface area contributed by atoms with E-state index >= 15 is 0 Å². The maximum Gasteiger partial charge on any atom is 0.170 e. The Hall–Kier alpha value is -2.01. The average Bonchev–Trinajstić information content (AvgIpc) is 3.34. The van der Waals surface area contributed by atoms with Crippen LogP contribution in [0.3, 0.4) is 0 Å². The number of hydrogen-bond donors (Lipinski definition) is 1. The summed E-state index contributed by atoms with van der Waals surface area (Å²) in [4.78, 5) is 14.9. The van der Waals surface area contributed by atoms with Crippen molar-refractivity contribution < 1.29 is 9.90 Å². The van der Waals surface area contributed by atoms with E-state index in [1.807, 2.05) is 72.3 Å². The Bertz CT molecular complexity index is 893. The lowest BCUT2D eigenvalue weighted by molar-refractivity contribution is -0.120. The van der Waals surface area contributed by atoms with Gasteiger partial charge in [-0.2, -0.15) is 0 Å². The minimum atomic E-state index is -1.28. The molecule has 2 atom stereocenters. The van der Waals surface area contributed by atoms with Crippen LogP contribution in [0.15, 0.2) is 65.4 Å². The summed E-state index contributed by atoms with van der Waals surface area (Å²) in [5, 5.41) is 15.6. The smallest absolute Gasteiger partial charge is 0.170 e. The van der Waals surface area contributed by atoms with E-state index in [4.69, 9.17) is 0 Å². The van der Waals surface area contributed by atoms with E-state index in [1.54, 1.807) is 11.3 Å². The zero-order valence-electron chi connectivity index (χ0n) is 13.1. The van der Waals surface area contributed by atoms with Crippen LogP contribution in [0.2, 0.25) is 0 Å². The molecular formula is C20H16O2S2. The normalized spacial score (nSPS) is 23.9. The minimum absolute atomic E-state index is 0.000463. The Morgan fingerprint density at radius 3 is 2.29 bits per heavy atom. The minimum Gasteiger partial charge on any atom is -0.379 e. The van der Waals surface area contributed by atoms with Gasteiger partial charge in [-0.3, -0.25) is 4.79 Å². The van der Waals surface area contributed by atoms with Crippen molar-refractivity contribution in [3.8, 4) is 0 Å². The third-order valence-corrected chi connectivity index (χ3v) is 6.51. The number of carbonyl (C=O) groups is 1. The highest BCUT2D eigenvalue weighted by Gasteiger charge is 2.53. The lowest BCUT2D eigenvalue weighted by atomic mass is 9.84. The molecule has 0 saturated heterocycles. The van der Waals surface area contributed by atoms with Crippen molar-refractivity contribution in [1.29, 1.82) is 0 Å². The van der Waals surface area contributed by atoms with Crippen LogP contribution >= 0.6 is 22.7 Å². The average molecular weight is 352 g/mol. The summed E-state index contributed by atoms with van der Waals surface area (Å²) in [5.74, 6) is -0.510. The number of thiophene rings is 2. The predicted molar refractivity (Wildman–Crippen MR) is 100.0 cm³/mol. The van der Waals surface area contributed by atoms with Crippen LogP contribution in [0.5, 0.6) is 0 Å². The highest BCUT2D eigenvalue weighted by molar-refractivity contribution is 7.11. The van der Waals surface area contributed by atoms with E-state index in [0.29, 0.717) is 5.57 Å². The third kappa shape index (κ3) is 2.14. The molecule has 2 heterocycles. The monoisotopic (exact) mass is 352 g/mol. The molecule has 0 saturated carbocycles. The molecule has 0 spiro atoms. The number of hydrogen-bond acceptors (Lipinski definition) is 4. The van der Waals surface area contributed by atoms with E-state index in [0.717, 1.165) is 20.9 Å². The summed E-state index contributed by atoms with van der Waals surface area (Å²) in [6.45, 7) is 1.82. The van der Waals surface area contributed by atoms with E-state index in [2.05, 4.69) is 0 Å². The van der Waals surface area contributed by atoms with Gasteiger partial charge in [0.05, 0.1) is 5.92 Å². The summed E-state index contributed by atoms with van der Waals surface area (Å²) in [5.41, 5.74) is 0.969. The first kappa shape index (κ1) is 15.5. The summed E-state index contributed by atoms with van der Waals surface area (Å²) < 4.78 is 0. The molecule has 4 heteroatoms. The first-order valence-electron chi connectivity index (χ1n) is 7.78. The third-order valence-electron chi connectivity index (χ3n) is 4.62. The molecule has 1 N–H and O–H groups in total. The van der Waals surface area contributed by atoms with Gasteiger partial charge in [0.2, 0.25) is 0 Å². The van der Waals surface area contributed by atoms with Crippen molar-refractivity contribution in [1.82, 2.24) is 0 Å². The molecule has 0 bridgehead atoms. The summed E-state index contributed by atoms with van der Waals surface area (Å²) in [6, 6.07) is 17.4. The van der Waals surface area contributed by atoms with Gasteiger partial charge in [0.15, 0.2) is 5.78 Å². The van der Waals surface area contributed by atoms with Crippen LogP contribution in [0.1, 0.15) is 22.2 Å². The van der Waals surface area contributed by atoms with Crippen molar-refractivity contribution in [2.45, 2.75) is 12.5 Å². The van der Waals surface area contributed by atoms with Crippen LogP contribution in [0.25, 0.3) is 11.1 Å². The Labute approximate surface area is 148 Å². The second-order valence-corrected chi connectivity index (χ2v) is 7.82. The zero-order chi connectivity index (χ0) is 16.7. The largest absolute Gasteiger partial charge is 0.379 e. The number of rotatable bonds is 3. The maximum atomic E-state index is 13.1. The van der Waals surface area contributed by atoms with Gasteiger partial charge >= 0.3 is 0 Å². The SMILES string of the molecule is C[C@@H]1C(=O)C(c2ccccc2)=C(c2cccs2)C1(O)c1cccs1. The molecule has 1 aliphatic carbocycles. The number of aliphatic hydroxyl groups is 1. The van der Waals surface area contributed by atoms with Crippen molar-refractivity contribution in [2.24, 2.45) is 5.92 Å². The zero-order valence-corrected chi connectivity index (χ0v) is 14.7. The van der Waals surface area contributed by atoms with Gasteiger partial charge in [0, 0.05) is 20.9 Å². The summed E-state index contributed by atoms with van der Waals surface area (Å²) in [7, 11) is 0. The second kappa shape index (κ2) is 5.81. The van der Waals surface area contributed by atoms with Crippen molar-refractivity contribution >= 4 is 39.6 Å². The molecule has 0 radical (unpaired) electrons. The lowest BCUT2D eigenvalue weighted by Gasteiger charge is -2.29. The van der Waals surface area contributed by atoms with Gasteiger partial charge in [-0.25, -0.2) is 0 Å². The molecule has 1 aliphatic rings. The molecule has 2 aromatic heterocycles. The van der Waals surface area contributed by atoms with E-state index in [1.165, 1.54) is 11.3 Å². The van der Waals surface area contributed by atoms with Gasteiger partial charge < -0.3 is 5.11 Å². The molecule has 0 aliphatic heterocycles. The topological polar surface area (TPSA) is 37.3 Å². The first-order chi connectivity index (χ1) is 11.6. The maximum absolute atomic E-state index is 13.1. The van der Waals surface area contributed by atoms with Crippen molar-refractivity contribution in [3.05, 3.63) is 80.7 Å². The molecular weight excluding hydrogens is 336 g/mol. The molecule has 3 aromatic rings. The van der Waals surface area contributed by atoms with Gasteiger partial charge in [-0.15, -0.1) is 22.7 Å². The molecule has 120 valence electrons. The van der Waals surface area contributed by atoms with E-state index < -0.39 is 11.5 Å². The molecule has 0 amide bonds. The molecule has 2 nitrogen and oxygen atoms in total. The fraction of sp³-hybridized carbons (Fsp3) is 0.150. The Kier molecular flexibility index (Phi) is 3.76. The van der Waals surface area contributed by atoms with Gasteiger partial charge in [-0.05, 0) is 28.5 Å². The molecule has 24 heavy (non-hydrogen) atoms. The molecule has 0 fully saturated rings.